The van der Waals surface area contributed by atoms with E-state index in [0.29, 0.717) is 11.5 Å². The molecule has 0 unspecified atom stereocenters. The lowest BCUT2D eigenvalue weighted by Crippen LogP contribution is -2.51. The van der Waals surface area contributed by atoms with Gasteiger partial charge in [-0.15, -0.1) is 0 Å². The van der Waals surface area contributed by atoms with Gasteiger partial charge in [0.05, 0.1) is 6.61 Å². The SMILES string of the molecule is CC(C)NCC(C)(C)CN1CCN(CCO)CC1. The minimum absolute atomic E-state index is 0.282. The third-order valence-corrected chi connectivity index (χ3v) is 3.52. The summed E-state index contributed by atoms with van der Waals surface area (Å²) in [5, 5.41) is 12.5. The maximum absolute atomic E-state index is 8.93. The molecular formula is C14H31N3O. The number of hydrogen-bond acceptors (Lipinski definition) is 4. The third-order valence-electron chi connectivity index (χ3n) is 3.52. The summed E-state index contributed by atoms with van der Waals surface area (Å²) in [6.07, 6.45) is 0. The van der Waals surface area contributed by atoms with Crippen molar-refractivity contribution in [2.24, 2.45) is 5.41 Å². The Morgan fingerprint density at radius 3 is 2.17 bits per heavy atom. The number of nitrogens with one attached hydrogen (secondary N) is 1. The fourth-order valence-corrected chi connectivity index (χ4v) is 2.45. The molecule has 4 nitrogen and oxygen atoms in total. The smallest absolute Gasteiger partial charge is 0.0558 e. The van der Waals surface area contributed by atoms with E-state index in [9.17, 15) is 0 Å². The van der Waals surface area contributed by atoms with Gasteiger partial charge in [-0.3, -0.25) is 4.90 Å². The number of hydrogen-bond donors (Lipinski definition) is 2. The number of aliphatic hydroxyl groups excluding tert-OH is 1. The van der Waals surface area contributed by atoms with Gasteiger partial charge >= 0.3 is 0 Å². The van der Waals surface area contributed by atoms with Gasteiger partial charge in [-0.1, -0.05) is 27.7 Å². The van der Waals surface area contributed by atoms with Crippen LogP contribution < -0.4 is 5.32 Å². The molecule has 0 saturated carbocycles. The van der Waals surface area contributed by atoms with Gasteiger partial charge in [0.2, 0.25) is 0 Å². The maximum Gasteiger partial charge on any atom is 0.0558 e. The molecule has 0 radical (unpaired) electrons. The number of β-amino-alcohol motifs (C(OH)–C–C–N with tert-alkyl or cyclic N) is 1. The Morgan fingerprint density at radius 2 is 1.67 bits per heavy atom. The van der Waals surface area contributed by atoms with Crippen LogP contribution in [0.3, 0.4) is 0 Å². The van der Waals surface area contributed by atoms with Crippen LogP contribution in [0, 0.1) is 5.41 Å². The second kappa shape index (κ2) is 7.43. The summed E-state index contributed by atoms with van der Waals surface area (Å²) in [6, 6.07) is 0.561. The molecule has 2 N–H and O–H groups in total. The Labute approximate surface area is 112 Å². The lowest BCUT2D eigenvalue weighted by atomic mass is 9.92. The summed E-state index contributed by atoms with van der Waals surface area (Å²) in [7, 11) is 0. The standard InChI is InChI=1S/C14H31N3O/c1-13(2)15-11-14(3,4)12-17-7-5-16(6-8-17)9-10-18/h13,15,18H,5-12H2,1-4H3. The molecule has 1 aliphatic rings. The molecule has 0 bridgehead atoms. The van der Waals surface area contributed by atoms with Crippen molar-refractivity contribution in [1.82, 2.24) is 15.1 Å². The van der Waals surface area contributed by atoms with Crippen LogP contribution in [0.2, 0.25) is 0 Å². The van der Waals surface area contributed by atoms with Crippen LogP contribution in [-0.4, -0.2) is 73.4 Å². The molecule has 4 heteroatoms. The number of piperazine rings is 1. The van der Waals surface area contributed by atoms with Gasteiger partial charge in [-0.25, -0.2) is 0 Å². The normalized spacial score (nSPS) is 19.7. The molecule has 0 atom stereocenters. The van der Waals surface area contributed by atoms with Crippen LogP contribution in [0.15, 0.2) is 0 Å². The summed E-state index contributed by atoms with van der Waals surface area (Å²) in [4.78, 5) is 4.89. The first-order chi connectivity index (χ1) is 8.43. The predicted molar refractivity (Wildman–Crippen MR) is 76.9 cm³/mol. The molecule has 0 aromatic carbocycles. The molecule has 1 heterocycles. The van der Waals surface area contributed by atoms with Crippen molar-refractivity contribution in [3.8, 4) is 0 Å². The topological polar surface area (TPSA) is 38.7 Å². The fourth-order valence-electron chi connectivity index (χ4n) is 2.45. The zero-order valence-electron chi connectivity index (χ0n) is 12.6. The summed E-state index contributed by atoms with van der Waals surface area (Å²) < 4.78 is 0. The van der Waals surface area contributed by atoms with Gasteiger partial charge in [-0.05, 0) is 5.41 Å². The van der Waals surface area contributed by atoms with Crippen molar-refractivity contribution in [3.05, 3.63) is 0 Å². The van der Waals surface area contributed by atoms with Gasteiger partial charge in [0.1, 0.15) is 0 Å². The van der Waals surface area contributed by atoms with E-state index in [4.69, 9.17) is 5.11 Å². The largest absolute Gasteiger partial charge is 0.395 e. The van der Waals surface area contributed by atoms with Gasteiger partial charge in [-0.2, -0.15) is 0 Å². The second-order valence-corrected chi connectivity index (χ2v) is 6.54. The molecule has 1 fully saturated rings. The highest BCUT2D eigenvalue weighted by atomic mass is 16.3. The van der Waals surface area contributed by atoms with E-state index in [0.717, 1.165) is 45.8 Å². The summed E-state index contributed by atoms with van der Waals surface area (Å²) >= 11 is 0. The van der Waals surface area contributed by atoms with Crippen LogP contribution in [0.1, 0.15) is 27.7 Å². The summed E-state index contributed by atoms with van der Waals surface area (Å²) in [5.74, 6) is 0. The summed E-state index contributed by atoms with van der Waals surface area (Å²) in [6.45, 7) is 16.8. The van der Waals surface area contributed by atoms with Crippen molar-refractivity contribution < 1.29 is 5.11 Å². The molecular weight excluding hydrogens is 226 g/mol. The van der Waals surface area contributed by atoms with Gasteiger partial charge < -0.3 is 15.3 Å². The van der Waals surface area contributed by atoms with Crippen LogP contribution in [0.25, 0.3) is 0 Å². The Balaban J connectivity index is 2.26. The number of rotatable bonds is 7. The molecule has 0 spiro atoms. The fraction of sp³-hybridized carbons (Fsp3) is 1.00. The van der Waals surface area contributed by atoms with E-state index in [1.807, 2.05) is 0 Å². The highest BCUT2D eigenvalue weighted by molar-refractivity contribution is 4.80. The Bertz CT molecular complexity index is 223. The summed E-state index contributed by atoms with van der Waals surface area (Å²) in [5.41, 5.74) is 0.323. The average molecular weight is 257 g/mol. The predicted octanol–water partition coefficient (Wildman–Crippen LogP) is 0.621. The molecule has 0 aromatic heterocycles. The van der Waals surface area contributed by atoms with Crippen LogP contribution in [0.4, 0.5) is 0 Å². The van der Waals surface area contributed by atoms with E-state index in [2.05, 4.69) is 42.8 Å². The van der Waals surface area contributed by atoms with Crippen molar-refractivity contribution in [2.75, 3.05) is 52.4 Å². The zero-order chi connectivity index (χ0) is 13.6. The molecule has 1 saturated heterocycles. The number of aliphatic hydroxyl groups is 1. The lowest BCUT2D eigenvalue weighted by molar-refractivity contribution is 0.0845. The Morgan fingerprint density at radius 1 is 1.11 bits per heavy atom. The van der Waals surface area contributed by atoms with Crippen molar-refractivity contribution in [2.45, 2.75) is 33.7 Å². The Kier molecular flexibility index (Phi) is 6.57. The molecule has 1 rings (SSSR count). The van der Waals surface area contributed by atoms with E-state index < -0.39 is 0 Å². The first kappa shape index (κ1) is 15.9. The van der Waals surface area contributed by atoms with Gasteiger partial charge in [0, 0.05) is 51.9 Å². The van der Waals surface area contributed by atoms with E-state index in [-0.39, 0.29) is 6.61 Å². The molecule has 0 amide bonds. The quantitative estimate of drug-likeness (QED) is 0.701. The third kappa shape index (κ3) is 6.14. The zero-order valence-corrected chi connectivity index (χ0v) is 12.6. The van der Waals surface area contributed by atoms with Gasteiger partial charge in [0.15, 0.2) is 0 Å². The Hall–Kier alpha value is -0.160. The number of nitrogens with zero attached hydrogens (tertiary/aromatic N) is 2. The van der Waals surface area contributed by atoms with Crippen molar-refractivity contribution in [3.63, 3.8) is 0 Å². The van der Waals surface area contributed by atoms with Crippen LogP contribution in [0.5, 0.6) is 0 Å². The maximum atomic E-state index is 8.93. The molecule has 0 aliphatic carbocycles. The highest BCUT2D eigenvalue weighted by Crippen LogP contribution is 2.17. The minimum Gasteiger partial charge on any atom is -0.395 e. The molecule has 1 aliphatic heterocycles. The van der Waals surface area contributed by atoms with Crippen LogP contribution >= 0.6 is 0 Å². The molecule has 18 heavy (non-hydrogen) atoms. The van der Waals surface area contributed by atoms with E-state index >= 15 is 0 Å². The lowest BCUT2D eigenvalue weighted by Gasteiger charge is -2.39. The second-order valence-electron chi connectivity index (χ2n) is 6.54. The van der Waals surface area contributed by atoms with E-state index in [1.54, 1.807) is 0 Å². The first-order valence-electron chi connectivity index (χ1n) is 7.22. The van der Waals surface area contributed by atoms with Crippen molar-refractivity contribution >= 4 is 0 Å². The van der Waals surface area contributed by atoms with Crippen LogP contribution in [-0.2, 0) is 0 Å². The highest BCUT2D eigenvalue weighted by Gasteiger charge is 2.24. The van der Waals surface area contributed by atoms with E-state index in [1.165, 1.54) is 0 Å². The van der Waals surface area contributed by atoms with Crippen molar-refractivity contribution in [1.29, 1.82) is 0 Å². The average Bonchev–Trinajstić information content (AvgIpc) is 2.29. The molecule has 0 aromatic rings. The monoisotopic (exact) mass is 257 g/mol. The first-order valence-corrected chi connectivity index (χ1v) is 7.22. The minimum atomic E-state index is 0.282. The van der Waals surface area contributed by atoms with Gasteiger partial charge in [0.25, 0.3) is 0 Å². The molecule has 108 valence electrons.